The molecule has 2 fully saturated rings. The summed E-state index contributed by atoms with van der Waals surface area (Å²) in [6.07, 6.45) is 4.34. The molecular weight excluding hydrogens is 414 g/mol. The van der Waals surface area contributed by atoms with Crippen molar-refractivity contribution in [2.24, 2.45) is 5.92 Å². The van der Waals surface area contributed by atoms with E-state index in [1.54, 1.807) is 0 Å². The topological polar surface area (TPSA) is 57.9 Å². The number of piperidine rings is 1. The van der Waals surface area contributed by atoms with Gasteiger partial charge in [-0.05, 0) is 43.6 Å². The van der Waals surface area contributed by atoms with E-state index in [0.29, 0.717) is 12.0 Å². The number of anilines is 1. The number of ether oxygens (including phenoxy) is 1. The third-order valence-electron chi connectivity index (χ3n) is 7.23. The minimum absolute atomic E-state index is 0.554. The molecule has 0 amide bonds. The molecule has 1 aromatic carbocycles. The van der Waals surface area contributed by atoms with Crippen LogP contribution in [0.3, 0.4) is 0 Å². The molecule has 4 heterocycles. The Bertz CT molecular complexity index is 1030. The number of fused-ring (bicyclic) bond motifs is 2. The van der Waals surface area contributed by atoms with Crippen LogP contribution in [-0.4, -0.2) is 71.9 Å². The molecule has 5 rings (SSSR count). The maximum atomic E-state index is 6.08. The van der Waals surface area contributed by atoms with Crippen LogP contribution in [0.15, 0.2) is 47.1 Å². The van der Waals surface area contributed by atoms with Gasteiger partial charge < -0.3 is 14.2 Å². The van der Waals surface area contributed by atoms with Gasteiger partial charge in [-0.2, -0.15) is 0 Å². The monoisotopic (exact) mass is 449 g/mol. The van der Waals surface area contributed by atoms with Gasteiger partial charge in [-0.3, -0.25) is 9.80 Å². The molecule has 176 valence electrons. The van der Waals surface area contributed by atoms with Gasteiger partial charge in [-0.25, -0.2) is 4.98 Å². The molecule has 2 aliphatic heterocycles. The second-order valence-corrected chi connectivity index (χ2v) is 9.32. The Morgan fingerprint density at radius 3 is 2.76 bits per heavy atom. The smallest absolute Gasteiger partial charge is 0.213 e. The zero-order valence-corrected chi connectivity index (χ0v) is 19.8. The van der Waals surface area contributed by atoms with Crippen LogP contribution in [0.4, 0.5) is 5.82 Å². The molecule has 3 aromatic rings. The molecule has 2 aliphatic rings. The average molecular weight is 450 g/mol. The van der Waals surface area contributed by atoms with Gasteiger partial charge in [0, 0.05) is 56.9 Å². The van der Waals surface area contributed by atoms with E-state index in [9.17, 15) is 0 Å². The Labute approximate surface area is 196 Å². The predicted octanol–water partition coefficient (Wildman–Crippen LogP) is 4.04. The van der Waals surface area contributed by atoms with E-state index in [2.05, 4.69) is 56.9 Å². The Hall–Kier alpha value is -2.64. The number of aromatic nitrogens is 2. The fourth-order valence-corrected chi connectivity index (χ4v) is 5.19. The van der Waals surface area contributed by atoms with Crippen molar-refractivity contribution in [1.29, 1.82) is 0 Å². The SMILES string of the molecule is CCN(CC)Cc1ccc(OC[C@H]2CC[C@H]3CN(c4noc5ccccc45)CCN3C2)nc1. The third-order valence-corrected chi connectivity index (χ3v) is 7.23. The minimum Gasteiger partial charge on any atom is -0.477 e. The molecule has 0 N–H and O–H groups in total. The van der Waals surface area contributed by atoms with Gasteiger partial charge >= 0.3 is 0 Å². The van der Waals surface area contributed by atoms with Gasteiger partial charge in [0.25, 0.3) is 0 Å². The number of benzene rings is 1. The lowest BCUT2D eigenvalue weighted by Gasteiger charge is -2.46. The highest BCUT2D eigenvalue weighted by atomic mass is 16.5. The highest BCUT2D eigenvalue weighted by Crippen LogP contribution is 2.31. The quantitative estimate of drug-likeness (QED) is 0.514. The van der Waals surface area contributed by atoms with Crippen molar-refractivity contribution in [3.63, 3.8) is 0 Å². The summed E-state index contributed by atoms with van der Waals surface area (Å²) < 4.78 is 11.6. The molecule has 2 atom stereocenters. The maximum absolute atomic E-state index is 6.08. The van der Waals surface area contributed by atoms with Crippen LogP contribution >= 0.6 is 0 Å². The van der Waals surface area contributed by atoms with Crippen LogP contribution in [0.5, 0.6) is 5.88 Å². The first-order valence-electron chi connectivity index (χ1n) is 12.4. The molecule has 33 heavy (non-hydrogen) atoms. The van der Waals surface area contributed by atoms with Crippen molar-refractivity contribution in [3.05, 3.63) is 48.2 Å². The van der Waals surface area contributed by atoms with Gasteiger partial charge in [-0.15, -0.1) is 0 Å². The molecule has 7 heteroatoms. The number of para-hydroxylation sites is 1. The molecule has 0 bridgehead atoms. The summed E-state index contributed by atoms with van der Waals surface area (Å²) in [6.45, 7) is 12.3. The summed E-state index contributed by atoms with van der Waals surface area (Å²) in [6, 6.07) is 12.9. The summed E-state index contributed by atoms with van der Waals surface area (Å²) in [5.74, 6) is 2.28. The number of piperazine rings is 1. The van der Waals surface area contributed by atoms with E-state index >= 15 is 0 Å². The Morgan fingerprint density at radius 1 is 1.06 bits per heavy atom. The van der Waals surface area contributed by atoms with Gasteiger partial charge in [0.05, 0.1) is 12.0 Å². The van der Waals surface area contributed by atoms with Crippen molar-refractivity contribution in [1.82, 2.24) is 19.9 Å². The highest BCUT2D eigenvalue weighted by Gasteiger charge is 2.34. The van der Waals surface area contributed by atoms with Gasteiger partial charge in [0.2, 0.25) is 5.88 Å². The lowest BCUT2D eigenvalue weighted by Crippen LogP contribution is -2.57. The van der Waals surface area contributed by atoms with E-state index in [4.69, 9.17) is 9.26 Å². The summed E-state index contributed by atoms with van der Waals surface area (Å²) in [5.41, 5.74) is 2.11. The van der Waals surface area contributed by atoms with Crippen LogP contribution in [0, 0.1) is 5.92 Å². The summed E-state index contributed by atoms with van der Waals surface area (Å²) in [4.78, 5) is 12.0. The van der Waals surface area contributed by atoms with Crippen molar-refractivity contribution >= 4 is 16.8 Å². The van der Waals surface area contributed by atoms with Crippen LogP contribution in [-0.2, 0) is 6.54 Å². The van der Waals surface area contributed by atoms with Gasteiger partial charge in [0.15, 0.2) is 11.4 Å². The predicted molar refractivity (Wildman–Crippen MR) is 131 cm³/mol. The first-order chi connectivity index (χ1) is 16.2. The maximum Gasteiger partial charge on any atom is 0.213 e. The zero-order valence-electron chi connectivity index (χ0n) is 19.8. The van der Waals surface area contributed by atoms with E-state index in [0.717, 1.165) is 75.1 Å². The summed E-state index contributed by atoms with van der Waals surface area (Å²) >= 11 is 0. The highest BCUT2D eigenvalue weighted by molar-refractivity contribution is 5.88. The molecule has 2 saturated heterocycles. The fourth-order valence-electron chi connectivity index (χ4n) is 5.19. The van der Waals surface area contributed by atoms with Crippen LogP contribution in [0.25, 0.3) is 11.0 Å². The number of hydrogen-bond acceptors (Lipinski definition) is 7. The molecular formula is C26H35N5O2. The minimum atomic E-state index is 0.554. The van der Waals surface area contributed by atoms with Crippen molar-refractivity contribution in [3.8, 4) is 5.88 Å². The van der Waals surface area contributed by atoms with Gasteiger partial charge in [-0.1, -0.05) is 37.2 Å². The van der Waals surface area contributed by atoms with E-state index in [-0.39, 0.29) is 0 Å². The second kappa shape index (κ2) is 10.1. The van der Waals surface area contributed by atoms with E-state index in [1.807, 2.05) is 24.4 Å². The number of pyridine rings is 1. The van der Waals surface area contributed by atoms with Crippen molar-refractivity contribution in [2.75, 3.05) is 50.8 Å². The first kappa shape index (κ1) is 22.2. The van der Waals surface area contributed by atoms with Crippen molar-refractivity contribution < 1.29 is 9.26 Å². The van der Waals surface area contributed by atoms with Gasteiger partial charge in [0.1, 0.15) is 0 Å². The van der Waals surface area contributed by atoms with Crippen LogP contribution in [0.2, 0.25) is 0 Å². The third kappa shape index (κ3) is 4.99. The Kier molecular flexibility index (Phi) is 6.78. The molecule has 0 saturated carbocycles. The molecule has 0 aliphatic carbocycles. The Morgan fingerprint density at radius 2 is 1.94 bits per heavy atom. The lowest BCUT2D eigenvalue weighted by atomic mass is 9.91. The fraction of sp³-hybridized carbons (Fsp3) is 0.538. The molecule has 2 aromatic heterocycles. The van der Waals surface area contributed by atoms with E-state index < -0.39 is 0 Å². The van der Waals surface area contributed by atoms with Crippen LogP contribution < -0.4 is 9.64 Å². The zero-order chi connectivity index (χ0) is 22.6. The normalized spacial score (nSPS) is 21.5. The van der Waals surface area contributed by atoms with E-state index in [1.165, 1.54) is 18.4 Å². The van der Waals surface area contributed by atoms with Crippen molar-refractivity contribution in [2.45, 2.75) is 39.3 Å². The second-order valence-electron chi connectivity index (χ2n) is 9.32. The standard InChI is InChI=1S/C26H35N5O2/c1-3-29(4-2)16-20-10-12-25(27-15-20)32-19-21-9-11-22-18-31(14-13-30(22)17-21)26-23-7-5-6-8-24(23)33-28-26/h5-8,10,12,15,21-22H,3-4,9,11,13-14,16-19H2,1-2H3/t21-,22-/m0/s1. The largest absolute Gasteiger partial charge is 0.477 e. The van der Waals surface area contributed by atoms with Crippen LogP contribution in [0.1, 0.15) is 32.3 Å². The molecule has 0 unspecified atom stereocenters. The summed E-state index contributed by atoms with van der Waals surface area (Å²) in [7, 11) is 0. The molecule has 0 radical (unpaired) electrons. The first-order valence-corrected chi connectivity index (χ1v) is 12.4. The molecule has 7 nitrogen and oxygen atoms in total. The Balaban J connectivity index is 1.11. The number of nitrogens with zero attached hydrogens (tertiary/aromatic N) is 5. The average Bonchev–Trinajstić information content (AvgIpc) is 3.30. The number of rotatable bonds is 8. The molecule has 0 spiro atoms. The number of hydrogen-bond donors (Lipinski definition) is 0. The lowest BCUT2D eigenvalue weighted by molar-refractivity contribution is 0.0716. The summed E-state index contributed by atoms with van der Waals surface area (Å²) in [5, 5.41) is 5.48.